The minimum absolute atomic E-state index is 0.196. The zero-order valence-electron chi connectivity index (χ0n) is 8.95. The highest BCUT2D eigenvalue weighted by molar-refractivity contribution is 5.72. The summed E-state index contributed by atoms with van der Waals surface area (Å²) in [4.78, 5) is 13.4. The number of rotatable bonds is 0. The summed E-state index contributed by atoms with van der Waals surface area (Å²) in [6.45, 7) is 7.09. The number of carbonyl (C=O) groups excluding carboxylic acids is 1. The first-order chi connectivity index (χ1) is 6.49. The van der Waals surface area contributed by atoms with Crippen LogP contribution in [0.3, 0.4) is 0 Å². The third-order valence-corrected chi connectivity index (χ3v) is 2.52. The van der Waals surface area contributed by atoms with Crippen molar-refractivity contribution < 1.29 is 14.3 Å². The number of hydrogen-bond acceptors (Lipinski definition) is 3. The first-order valence-corrected chi connectivity index (χ1v) is 5.08. The van der Waals surface area contributed by atoms with Gasteiger partial charge in [0.1, 0.15) is 5.60 Å². The van der Waals surface area contributed by atoms with Crippen LogP contribution in [-0.4, -0.2) is 41.9 Å². The minimum atomic E-state index is -0.399. The van der Waals surface area contributed by atoms with E-state index in [4.69, 9.17) is 9.47 Å². The number of nitrogens with zero attached hydrogens (tertiary/aromatic N) is 1. The normalized spacial score (nSPS) is 30.9. The van der Waals surface area contributed by atoms with Crippen molar-refractivity contribution in [1.82, 2.24) is 4.90 Å². The molecule has 2 saturated heterocycles. The number of fused-ring (bicyclic) bond motifs is 1. The molecule has 2 fully saturated rings. The second kappa shape index (κ2) is 3.12. The summed E-state index contributed by atoms with van der Waals surface area (Å²) in [7, 11) is 0. The van der Waals surface area contributed by atoms with E-state index in [-0.39, 0.29) is 12.1 Å². The van der Waals surface area contributed by atoms with E-state index in [9.17, 15) is 4.79 Å². The molecule has 0 aromatic carbocycles. The summed E-state index contributed by atoms with van der Waals surface area (Å²) < 4.78 is 10.6. The Kier molecular flexibility index (Phi) is 2.18. The molecule has 2 atom stereocenters. The van der Waals surface area contributed by atoms with Gasteiger partial charge in [0.15, 0.2) is 0 Å². The maximum absolute atomic E-state index is 11.6. The second-order valence-electron chi connectivity index (χ2n) is 4.89. The van der Waals surface area contributed by atoms with Crippen molar-refractivity contribution in [1.29, 1.82) is 0 Å². The van der Waals surface area contributed by atoms with Gasteiger partial charge in [0.05, 0.1) is 18.7 Å². The van der Waals surface area contributed by atoms with Crippen LogP contribution in [-0.2, 0) is 9.47 Å². The molecule has 14 heavy (non-hydrogen) atoms. The van der Waals surface area contributed by atoms with Crippen LogP contribution in [0, 0.1) is 0 Å². The summed E-state index contributed by atoms with van der Waals surface area (Å²) in [6, 6.07) is 0.650. The van der Waals surface area contributed by atoms with Gasteiger partial charge in [-0.25, -0.2) is 4.79 Å². The van der Waals surface area contributed by atoms with Crippen LogP contribution in [0.15, 0.2) is 0 Å². The molecule has 80 valence electrons. The summed E-state index contributed by atoms with van der Waals surface area (Å²) in [5, 5.41) is 0. The number of ether oxygens (including phenoxy) is 2. The predicted molar refractivity (Wildman–Crippen MR) is 51.1 cm³/mol. The first-order valence-electron chi connectivity index (χ1n) is 5.08. The van der Waals surface area contributed by atoms with Gasteiger partial charge in [-0.05, 0) is 27.2 Å². The van der Waals surface area contributed by atoms with E-state index >= 15 is 0 Å². The summed E-state index contributed by atoms with van der Waals surface area (Å²) in [6.07, 6.45) is 0.752. The standard InChI is InChI=1S/C10H17NO3/c1-10(2,3)14-9(12)11-7-4-5-13-6-8(7)11/h7-8H,4-6H2,1-3H3. The monoisotopic (exact) mass is 199 g/mol. The molecule has 4 heteroatoms. The Labute approximate surface area is 84.2 Å². The first kappa shape index (κ1) is 9.77. The molecule has 0 bridgehead atoms. The van der Waals surface area contributed by atoms with Crippen LogP contribution in [0.25, 0.3) is 0 Å². The van der Waals surface area contributed by atoms with Crippen molar-refractivity contribution in [3.8, 4) is 0 Å². The quantitative estimate of drug-likeness (QED) is 0.553. The second-order valence-corrected chi connectivity index (χ2v) is 4.89. The SMILES string of the molecule is CC(C)(C)OC(=O)N1C2CCOCC21. The van der Waals surface area contributed by atoms with Crippen LogP contribution in [0.1, 0.15) is 27.2 Å². The lowest BCUT2D eigenvalue weighted by molar-refractivity contribution is 0.0387. The van der Waals surface area contributed by atoms with Crippen molar-refractivity contribution >= 4 is 6.09 Å². The lowest BCUT2D eigenvalue weighted by Gasteiger charge is -2.20. The fraction of sp³-hybridized carbons (Fsp3) is 0.900. The third-order valence-electron chi connectivity index (χ3n) is 2.52. The van der Waals surface area contributed by atoms with E-state index in [0.29, 0.717) is 12.6 Å². The van der Waals surface area contributed by atoms with Gasteiger partial charge in [0.25, 0.3) is 0 Å². The Bertz CT molecular complexity index is 234. The highest BCUT2D eigenvalue weighted by atomic mass is 16.6. The maximum Gasteiger partial charge on any atom is 0.411 e. The van der Waals surface area contributed by atoms with Crippen LogP contribution in [0.2, 0.25) is 0 Å². The molecule has 2 aliphatic rings. The van der Waals surface area contributed by atoms with Crippen molar-refractivity contribution in [2.45, 2.75) is 44.9 Å². The van der Waals surface area contributed by atoms with Gasteiger partial charge in [-0.15, -0.1) is 0 Å². The summed E-state index contributed by atoms with van der Waals surface area (Å²) in [5.41, 5.74) is -0.399. The molecule has 4 nitrogen and oxygen atoms in total. The highest BCUT2D eigenvalue weighted by Crippen LogP contribution is 2.35. The van der Waals surface area contributed by atoms with Crippen molar-refractivity contribution in [2.24, 2.45) is 0 Å². The Morgan fingerprint density at radius 2 is 2.14 bits per heavy atom. The lowest BCUT2D eigenvalue weighted by atomic mass is 10.2. The molecule has 2 rings (SSSR count). The molecule has 0 spiro atoms. The molecule has 0 radical (unpaired) electrons. The predicted octanol–water partition coefficient (Wildman–Crippen LogP) is 1.39. The molecular weight excluding hydrogens is 182 g/mol. The number of amides is 1. The average Bonchev–Trinajstić information content (AvgIpc) is 2.73. The Hall–Kier alpha value is -0.770. The van der Waals surface area contributed by atoms with Gasteiger partial charge in [-0.2, -0.15) is 0 Å². The van der Waals surface area contributed by atoms with E-state index in [2.05, 4.69) is 0 Å². The molecule has 0 N–H and O–H groups in total. The van der Waals surface area contributed by atoms with E-state index in [1.165, 1.54) is 0 Å². The Morgan fingerprint density at radius 1 is 1.43 bits per heavy atom. The molecule has 2 unspecified atom stereocenters. The number of carbonyl (C=O) groups is 1. The van der Waals surface area contributed by atoms with Gasteiger partial charge in [0, 0.05) is 6.61 Å². The largest absolute Gasteiger partial charge is 0.444 e. The van der Waals surface area contributed by atoms with E-state index in [1.807, 2.05) is 20.8 Å². The van der Waals surface area contributed by atoms with Gasteiger partial charge >= 0.3 is 6.09 Å². The summed E-state index contributed by atoms with van der Waals surface area (Å²) >= 11 is 0. The Balaban J connectivity index is 1.88. The van der Waals surface area contributed by atoms with E-state index in [0.717, 1.165) is 13.0 Å². The molecule has 2 aliphatic heterocycles. The molecule has 0 aliphatic carbocycles. The van der Waals surface area contributed by atoms with Crippen molar-refractivity contribution in [3.63, 3.8) is 0 Å². The average molecular weight is 199 g/mol. The van der Waals surface area contributed by atoms with Crippen LogP contribution >= 0.6 is 0 Å². The lowest BCUT2D eigenvalue weighted by Crippen LogP contribution is -2.28. The Morgan fingerprint density at radius 3 is 2.64 bits per heavy atom. The highest BCUT2D eigenvalue weighted by Gasteiger charge is 2.53. The summed E-state index contributed by atoms with van der Waals surface area (Å²) in [5.74, 6) is 0. The van der Waals surface area contributed by atoms with Crippen molar-refractivity contribution in [3.05, 3.63) is 0 Å². The molecule has 1 amide bonds. The zero-order valence-corrected chi connectivity index (χ0v) is 8.95. The molecule has 0 aromatic rings. The molecule has 2 heterocycles. The van der Waals surface area contributed by atoms with Gasteiger partial charge < -0.3 is 9.47 Å². The molecular formula is C10H17NO3. The zero-order chi connectivity index (χ0) is 10.3. The van der Waals surface area contributed by atoms with Crippen LogP contribution in [0.5, 0.6) is 0 Å². The minimum Gasteiger partial charge on any atom is -0.444 e. The smallest absolute Gasteiger partial charge is 0.411 e. The number of hydrogen-bond donors (Lipinski definition) is 0. The van der Waals surface area contributed by atoms with Crippen LogP contribution in [0.4, 0.5) is 4.79 Å². The maximum atomic E-state index is 11.6. The van der Waals surface area contributed by atoms with Gasteiger partial charge in [0.2, 0.25) is 0 Å². The van der Waals surface area contributed by atoms with Crippen LogP contribution < -0.4 is 0 Å². The molecule has 0 saturated carbocycles. The topological polar surface area (TPSA) is 38.5 Å². The van der Waals surface area contributed by atoms with E-state index < -0.39 is 5.60 Å². The van der Waals surface area contributed by atoms with Gasteiger partial charge in [-0.1, -0.05) is 0 Å². The fourth-order valence-corrected chi connectivity index (χ4v) is 1.85. The molecule has 0 aromatic heterocycles. The van der Waals surface area contributed by atoms with E-state index in [1.54, 1.807) is 4.90 Å². The third kappa shape index (κ3) is 1.85. The van der Waals surface area contributed by atoms with Gasteiger partial charge in [-0.3, -0.25) is 4.90 Å². The fourth-order valence-electron chi connectivity index (χ4n) is 1.85. The van der Waals surface area contributed by atoms with Crippen molar-refractivity contribution in [2.75, 3.05) is 13.2 Å².